The van der Waals surface area contributed by atoms with E-state index in [1.165, 1.54) is 7.11 Å². The second kappa shape index (κ2) is 4.18. The molecule has 0 aliphatic carbocycles. The second-order valence-corrected chi connectivity index (χ2v) is 3.46. The van der Waals surface area contributed by atoms with E-state index in [-0.39, 0.29) is 12.2 Å². The SMILES string of the molecule is COC(=O)CC(=O)c1ccc2[nH]ccc2c1. The molecule has 4 nitrogen and oxygen atoms in total. The number of carbonyl (C=O) groups excluding carboxylic acids is 2. The smallest absolute Gasteiger partial charge is 0.313 e. The van der Waals surface area contributed by atoms with Crippen LogP contribution in [0, 0.1) is 0 Å². The molecule has 2 aromatic rings. The zero-order chi connectivity index (χ0) is 11.5. The van der Waals surface area contributed by atoms with E-state index in [0.717, 1.165) is 10.9 Å². The average Bonchev–Trinajstić information content (AvgIpc) is 2.75. The zero-order valence-corrected chi connectivity index (χ0v) is 8.82. The number of carbonyl (C=O) groups is 2. The highest BCUT2D eigenvalue weighted by atomic mass is 16.5. The average molecular weight is 217 g/mol. The number of H-pyrrole nitrogens is 1. The van der Waals surface area contributed by atoms with E-state index in [1.54, 1.807) is 18.3 Å². The van der Waals surface area contributed by atoms with Crippen LogP contribution in [0.4, 0.5) is 0 Å². The summed E-state index contributed by atoms with van der Waals surface area (Å²) in [4.78, 5) is 25.7. The molecular formula is C12H11NO3. The first-order valence-corrected chi connectivity index (χ1v) is 4.88. The summed E-state index contributed by atoms with van der Waals surface area (Å²) in [6.45, 7) is 0. The highest BCUT2D eigenvalue weighted by Crippen LogP contribution is 2.15. The number of hydrogen-bond acceptors (Lipinski definition) is 3. The van der Waals surface area contributed by atoms with Crippen LogP contribution < -0.4 is 0 Å². The molecule has 0 saturated heterocycles. The molecule has 1 aromatic carbocycles. The Balaban J connectivity index is 2.25. The Morgan fingerprint density at radius 3 is 2.88 bits per heavy atom. The van der Waals surface area contributed by atoms with Gasteiger partial charge in [0, 0.05) is 22.7 Å². The van der Waals surface area contributed by atoms with Gasteiger partial charge in [-0.25, -0.2) is 0 Å². The predicted octanol–water partition coefficient (Wildman–Crippen LogP) is 1.91. The van der Waals surface area contributed by atoms with Gasteiger partial charge in [0.25, 0.3) is 0 Å². The molecule has 0 aliphatic heterocycles. The summed E-state index contributed by atoms with van der Waals surface area (Å²) in [7, 11) is 1.27. The number of aromatic amines is 1. The van der Waals surface area contributed by atoms with E-state index in [1.807, 2.05) is 12.1 Å². The number of nitrogens with one attached hydrogen (secondary N) is 1. The number of methoxy groups -OCH3 is 1. The van der Waals surface area contributed by atoms with Crippen molar-refractivity contribution in [1.82, 2.24) is 4.98 Å². The molecule has 1 N–H and O–H groups in total. The van der Waals surface area contributed by atoms with Crippen LogP contribution >= 0.6 is 0 Å². The van der Waals surface area contributed by atoms with Crippen LogP contribution in [0.15, 0.2) is 30.5 Å². The van der Waals surface area contributed by atoms with E-state index < -0.39 is 5.97 Å². The zero-order valence-electron chi connectivity index (χ0n) is 8.82. The Kier molecular flexibility index (Phi) is 2.72. The fraction of sp³-hybridized carbons (Fsp3) is 0.167. The summed E-state index contributed by atoms with van der Waals surface area (Å²) in [5.74, 6) is -0.742. The van der Waals surface area contributed by atoms with Crippen molar-refractivity contribution in [2.45, 2.75) is 6.42 Å². The quantitative estimate of drug-likeness (QED) is 0.485. The molecule has 0 saturated carbocycles. The van der Waals surface area contributed by atoms with Crippen molar-refractivity contribution in [1.29, 1.82) is 0 Å². The normalized spacial score (nSPS) is 10.3. The van der Waals surface area contributed by atoms with Gasteiger partial charge in [0.1, 0.15) is 6.42 Å². The topological polar surface area (TPSA) is 59.2 Å². The van der Waals surface area contributed by atoms with Gasteiger partial charge in [-0.05, 0) is 24.3 Å². The summed E-state index contributed by atoms with van der Waals surface area (Å²) in [6.07, 6.45) is 1.59. The number of ether oxygens (including phenoxy) is 1. The van der Waals surface area contributed by atoms with Crippen LogP contribution in [-0.4, -0.2) is 23.8 Å². The van der Waals surface area contributed by atoms with Crippen LogP contribution in [0.3, 0.4) is 0 Å². The van der Waals surface area contributed by atoms with E-state index in [9.17, 15) is 9.59 Å². The first-order valence-electron chi connectivity index (χ1n) is 4.88. The van der Waals surface area contributed by atoms with Gasteiger partial charge in [0.15, 0.2) is 5.78 Å². The Morgan fingerprint density at radius 2 is 2.12 bits per heavy atom. The largest absolute Gasteiger partial charge is 0.469 e. The molecule has 1 heterocycles. The maximum atomic E-state index is 11.7. The first kappa shape index (κ1) is 10.4. The molecule has 0 spiro atoms. The van der Waals surface area contributed by atoms with Crippen molar-refractivity contribution in [3.8, 4) is 0 Å². The lowest BCUT2D eigenvalue weighted by Crippen LogP contribution is -2.09. The fourth-order valence-corrected chi connectivity index (χ4v) is 1.53. The minimum absolute atomic E-state index is 0.216. The molecule has 82 valence electrons. The number of aromatic nitrogens is 1. The summed E-state index contributed by atoms with van der Waals surface area (Å²) >= 11 is 0. The van der Waals surface area contributed by atoms with Crippen molar-refractivity contribution >= 4 is 22.7 Å². The van der Waals surface area contributed by atoms with Crippen molar-refractivity contribution in [3.63, 3.8) is 0 Å². The van der Waals surface area contributed by atoms with Gasteiger partial charge in [-0.15, -0.1) is 0 Å². The van der Waals surface area contributed by atoms with Gasteiger partial charge < -0.3 is 9.72 Å². The monoisotopic (exact) mass is 217 g/mol. The molecule has 2 rings (SSSR count). The summed E-state index contributed by atoms with van der Waals surface area (Å²) < 4.78 is 4.45. The number of esters is 1. The third kappa shape index (κ3) is 1.95. The van der Waals surface area contributed by atoms with Crippen LogP contribution in [0.5, 0.6) is 0 Å². The van der Waals surface area contributed by atoms with Crippen LogP contribution in [0.25, 0.3) is 10.9 Å². The Labute approximate surface area is 92.2 Å². The van der Waals surface area contributed by atoms with Gasteiger partial charge in [-0.3, -0.25) is 9.59 Å². The van der Waals surface area contributed by atoms with Crippen molar-refractivity contribution in [2.24, 2.45) is 0 Å². The molecular weight excluding hydrogens is 206 g/mol. The van der Waals surface area contributed by atoms with Gasteiger partial charge in [-0.2, -0.15) is 0 Å². The molecule has 0 fully saturated rings. The molecule has 0 atom stereocenters. The number of rotatable bonds is 3. The highest BCUT2D eigenvalue weighted by Gasteiger charge is 2.12. The summed E-state index contributed by atoms with van der Waals surface area (Å²) in [5, 5.41) is 0.954. The minimum atomic E-state index is -0.515. The van der Waals surface area contributed by atoms with Crippen LogP contribution in [0.2, 0.25) is 0 Å². The van der Waals surface area contributed by atoms with Crippen molar-refractivity contribution in [2.75, 3.05) is 7.11 Å². The van der Waals surface area contributed by atoms with Gasteiger partial charge >= 0.3 is 5.97 Å². The highest BCUT2D eigenvalue weighted by molar-refractivity contribution is 6.07. The first-order chi connectivity index (χ1) is 7.70. The maximum Gasteiger partial charge on any atom is 0.313 e. The maximum absolute atomic E-state index is 11.7. The second-order valence-electron chi connectivity index (χ2n) is 3.46. The standard InChI is InChI=1S/C12H11NO3/c1-16-12(15)7-11(14)9-2-3-10-8(6-9)4-5-13-10/h2-6,13H,7H2,1H3. The third-order valence-electron chi connectivity index (χ3n) is 2.41. The summed E-state index contributed by atoms with van der Waals surface area (Å²) in [5.41, 5.74) is 1.49. The van der Waals surface area contributed by atoms with Crippen LogP contribution in [0.1, 0.15) is 16.8 Å². The summed E-state index contributed by atoms with van der Waals surface area (Å²) in [6, 6.07) is 7.16. The number of hydrogen-bond donors (Lipinski definition) is 1. The van der Waals surface area contributed by atoms with Gasteiger partial charge in [-0.1, -0.05) is 0 Å². The molecule has 0 aliphatic rings. The van der Waals surface area contributed by atoms with E-state index >= 15 is 0 Å². The fourth-order valence-electron chi connectivity index (χ4n) is 1.53. The van der Waals surface area contributed by atoms with E-state index in [4.69, 9.17) is 0 Å². The number of ketones is 1. The lowest BCUT2D eigenvalue weighted by atomic mass is 10.1. The number of benzene rings is 1. The molecule has 0 unspecified atom stereocenters. The van der Waals surface area contributed by atoms with E-state index in [2.05, 4.69) is 9.72 Å². The van der Waals surface area contributed by atoms with E-state index in [0.29, 0.717) is 5.56 Å². The lowest BCUT2D eigenvalue weighted by Gasteiger charge is -2.00. The molecule has 4 heteroatoms. The Bertz CT molecular complexity index is 542. The Morgan fingerprint density at radius 1 is 1.31 bits per heavy atom. The Hall–Kier alpha value is -2.10. The van der Waals surface area contributed by atoms with Gasteiger partial charge in [0.2, 0.25) is 0 Å². The third-order valence-corrected chi connectivity index (χ3v) is 2.41. The van der Waals surface area contributed by atoms with Gasteiger partial charge in [0.05, 0.1) is 7.11 Å². The molecule has 0 amide bonds. The molecule has 0 bridgehead atoms. The van der Waals surface area contributed by atoms with Crippen molar-refractivity contribution in [3.05, 3.63) is 36.0 Å². The number of fused-ring (bicyclic) bond motifs is 1. The number of Topliss-reactive ketones (excluding diaryl/α,β-unsaturated/α-hetero) is 1. The van der Waals surface area contributed by atoms with Crippen LogP contribution in [-0.2, 0) is 9.53 Å². The molecule has 16 heavy (non-hydrogen) atoms. The molecule has 1 aromatic heterocycles. The lowest BCUT2D eigenvalue weighted by molar-refractivity contribution is -0.139. The predicted molar refractivity (Wildman–Crippen MR) is 59.3 cm³/mol. The minimum Gasteiger partial charge on any atom is -0.469 e. The van der Waals surface area contributed by atoms with Crippen molar-refractivity contribution < 1.29 is 14.3 Å². The molecule has 0 radical (unpaired) electrons.